The summed E-state index contributed by atoms with van der Waals surface area (Å²) in [7, 11) is 0. The summed E-state index contributed by atoms with van der Waals surface area (Å²) in [6, 6.07) is 19.5. The van der Waals surface area contributed by atoms with E-state index in [1.165, 1.54) is 11.9 Å². The molecule has 0 unspecified atom stereocenters. The van der Waals surface area contributed by atoms with E-state index >= 15 is 0 Å². The van der Waals surface area contributed by atoms with Crippen molar-refractivity contribution in [1.29, 1.82) is 0 Å². The second-order valence-corrected chi connectivity index (χ2v) is 7.22. The summed E-state index contributed by atoms with van der Waals surface area (Å²) in [5, 5.41) is 10.2. The third-order valence-electron chi connectivity index (χ3n) is 4.82. The normalized spacial score (nSPS) is 15.6. The molecule has 0 N–H and O–H groups in total. The standard InChI is InChI=1S/C23H24N4O3/c1-16-13-17(2)26(24-16)14-22-25-27(18(3)28)23(30-22)20-11-7-8-12-21(20)29-15-19-9-5-4-6-10-19/h4-13,23H,14-15H2,1-3H3/t23-/m0/s1. The lowest BCUT2D eigenvalue weighted by atomic mass is 10.1. The Morgan fingerprint density at radius 3 is 2.53 bits per heavy atom. The molecule has 2 aromatic carbocycles. The lowest BCUT2D eigenvalue weighted by molar-refractivity contribution is -0.135. The van der Waals surface area contributed by atoms with Crippen LogP contribution in [0.2, 0.25) is 0 Å². The van der Waals surface area contributed by atoms with E-state index in [0.717, 1.165) is 22.5 Å². The Labute approximate surface area is 175 Å². The number of hydrogen-bond donors (Lipinski definition) is 0. The number of carbonyl (C=O) groups excluding carboxylic acids is 1. The van der Waals surface area contributed by atoms with Crippen LogP contribution in [0.25, 0.3) is 0 Å². The molecule has 0 radical (unpaired) electrons. The zero-order valence-electron chi connectivity index (χ0n) is 17.3. The number of ether oxygens (including phenoxy) is 2. The number of amides is 1. The highest BCUT2D eigenvalue weighted by molar-refractivity contribution is 5.82. The SMILES string of the molecule is CC(=O)N1N=C(Cn2nc(C)cc2C)O[C@H]1c1ccccc1OCc1ccccc1. The summed E-state index contributed by atoms with van der Waals surface area (Å²) in [5.41, 5.74) is 3.73. The zero-order chi connectivity index (χ0) is 21.1. The van der Waals surface area contributed by atoms with Gasteiger partial charge in [-0.05, 0) is 37.6 Å². The molecular formula is C23H24N4O3. The minimum absolute atomic E-state index is 0.207. The van der Waals surface area contributed by atoms with Gasteiger partial charge in [0, 0.05) is 12.6 Å². The number of rotatable bonds is 6. The first-order valence-electron chi connectivity index (χ1n) is 9.82. The average molecular weight is 404 g/mol. The van der Waals surface area contributed by atoms with Gasteiger partial charge in [-0.2, -0.15) is 10.1 Å². The monoisotopic (exact) mass is 404 g/mol. The van der Waals surface area contributed by atoms with Crippen LogP contribution in [-0.2, 0) is 22.7 Å². The molecule has 1 aliphatic rings. The molecule has 0 saturated heterocycles. The van der Waals surface area contributed by atoms with Gasteiger partial charge in [0.25, 0.3) is 0 Å². The van der Waals surface area contributed by atoms with Crippen molar-refractivity contribution >= 4 is 11.8 Å². The molecule has 3 aromatic rings. The second-order valence-electron chi connectivity index (χ2n) is 7.22. The van der Waals surface area contributed by atoms with Gasteiger partial charge in [-0.25, -0.2) is 0 Å². The molecule has 0 aliphatic carbocycles. The minimum atomic E-state index is -0.679. The van der Waals surface area contributed by atoms with E-state index in [0.29, 0.717) is 24.8 Å². The Hall–Kier alpha value is -3.61. The van der Waals surface area contributed by atoms with Gasteiger partial charge in [-0.3, -0.25) is 9.48 Å². The van der Waals surface area contributed by atoms with E-state index in [1.54, 1.807) is 0 Å². The number of aryl methyl sites for hydroxylation is 2. The van der Waals surface area contributed by atoms with Crippen LogP contribution in [0.15, 0.2) is 65.8 Å². The highest BCUT2D eigenvalue weighted by atomic mass is 16.5. The summed E-state index contributed by atoms with van der Waals surface area (Å²) in [4.78, 5) is 12.3. The predicted molar refractivity (Wildman–Crippen MR) is 113 cm³/mol. The smallest absolute Gasteiger partial charge is 0.243 e. The lowest BCUT2D eigenvalue weighted by Crippen LogP contribution is -2.25. The van der Waals surface area contributed by atoms with Crippen molar-refractivity contribution in [2.45, 2.75) is 40.2 Å². The van der Waals surface area contributed by atoms with E-state index in [9.17, 15) is 4.79 Å². The van der Waals surface area contributed by atoms with Gasteiger partial charge >= 0.3 is 0 Å². The molecule has 0 bridgehead atoms. The molecule has 0 spiro atoms. The van der Waals surface area contributed by atoms with E-state index in [1.807, 2.05) is 79.2 Å². The Kier molecular flexibility index (Phi) is 5.52. The first kappa shape index (κ1) is 19.7. The van der Waals surface area contributed by atoms with Crippen LogP contribution in [0.5, 0.6) is 5.75 Å². The largest absolute Gasteiger partial charge is 0.488 e. The van der Waals surface area contributed by atoms with Gasteiger partial charge in [0.2, 0.25) is 18.0 Å². The summed E-state index contributed by atoms with van der Waals surface area (Å²) in [5.74, 6) is 0.876. The molecule has 1 amide bonds. The van der Waals surface area contributed by atoms with Crippen molar-refractivity contribution in [3.63, 3.8) is 0 Å². The number of benzene rings is 2. The topological polar surface area (TPSA) is 69.0 Å². The molecule has 154 valence electrons. The van der Waals surface area contributed by atoms with Gasteiger partial charge in [0.1, 0.15) is 18.9 Å². The molecule has 1 aromatic heterocycles. The summed E-state index contributed by atoms with van der Waals surface area (Å²) in [6.07, 6.45) is -0.679. The maximum absolute atomic E-state index is 12.3. The van der Waals surface area contributed by atoms with Gasteiger partial charge in [0.15, 0.2) is 0 Å². The highest BCUT2D eigenvalue weighted by Gasteiger charge is 2.34. The van der Waals surface area contributed by atoms with Crippen molar-refractivity contribution < 1.29 is 14.3 Å². The molecule has 0 saturated carbocycles. The summed E-state index contributed by atoms with van der Waals surface area (Å²) in [6.45, 7) is 6.16. The molecular weight excluding hydrogens is 380 g/mol. The van der Waals surface area contributed by atoms with E-state index in [-0.39, 0.29) is 5.91 Å². The van der Waals surface area contributed by atoms with Crippen LogP contribution in [0.3, 0.4) is 0 Å². The lowest BCUT2D eigenvalue weighted by Gasteiger charge is -2.22. The van der Waals surface area contributed by atoms with Crippen molar-refractivity contribution in [1.82, 2.24) is 14.8 Å². The number of hydrogen-bond acceptors (Lipinski definition) is 5. The fourth-order valence-electron chi connectivity index (χ4n) is 3.39. The Bertz CT molecular complexity index is 1080. The fourth-order valence-corrected chi connectivity index (χ4v) is 3.39. The molecule has 30 heavy (non-hydrogen) atoms. The first-order chi connectivity index (χ1) is 14.5. The number of carbonyl (C=O) groups is 1. The first-order valence-corrected chi connectivity index (χ1v) is 9.82. The highest BCUT2D eigenvalue weighted by Crippen LogP contribution is 2.35. The van der Waals surface area contributed by atoms with Gasteiger partial charge in [-0.15, -0.1) is 5.10 Å². The van der Waals surface area contributed by atoms with Gasteiger partial charge in [-0.1, -0.05) is 42.5 Å². The predicted octanol–water partition coefficient (Wildman–Crippen LogP) is 3.97. The van der Waals surface area contributed by atoms with E-state index in [4.69, 9.17) is 9.47 Å². The van der Waals surface area contributed by atoms with Crippen LogP contribution in [0.1, 0.15) is 35.7 Å². The van der Waals surface area contributed by atoms with Gasteiger partial charge in [0.05, 0.1) is 11.3 Å². The maximum atomic E-state index is 12.3. The third kappa shape index (κ3) is 4.20. The minimum Gasteiger partial charge on any atom is -0.488 e. The number of para-hydroxylation sites is 1. The quantitative estimate of drug-likeness (QED) is 0.623. The second kappa shape index (κ2) is 8.41. The summed E-state index contributed by atoms with van der Waals surface area (Å²) < 4.78 is 14.0. The Morgan fingerprint density at radius 1 is 1.10 bits per heavy atom. The molecule has 1 aliphatic heterocycles. The molecule has 4 rings (SSSR count). The van der Waals surface area contributed by atoms with Crippen LogP contribution in [0, 0.1) is 13.8 Å². The molecule has 2 heterocycles. The number of aromatic nitrogens is 2. The van der Waals surface area contributed by atoms with Crippen LogP contribution in [-0.4, -0.2) is 26.6 Å². The Balaban J connectivity index is 1.56. The van der Waals surface area contributed by atoms with Crippen molar-refractivity contribution in [3.8, 4) is 5.75 Å². The van der Waals surface area contributed by atoms with E-state index in [2.05, 4.69) is 10.2 Å². The zero-order valence-corrected chi connectivity index (χ0v) is 17.3. The third-order valence-corrected chi connectivity index (χ3v) is 4.82. The number of nitrogens with zero attached hydrogens (tertiary/aromatic N) is 4. The van der Waals surface area contributed by atoms with Crippen LogP contribution in [0.4, 0.5) is 0 Å². The van der Waals surface area contributed by atoms with Crippen molar-refractivity contribution in [3.05, 3.63) is 83.2 Å². The molecule has 7 heteroatoms. The van der Waals surface area contributed by atoms with Crippen molar-refractivity contribution in [2.75, 3.05) is 0 Å². The van der Waals surface area contributed by atoms with E-state index < -0.39 is 6.23 Å². The van der Waals surface area contributed by atoms with Gasteiger partial charge < -0.3 is 9.47 Å². The molecule has 1 atom stereocenters. The van der Waals surface area contributed by atoms with Crippen LogP contribution < -0.4 is 4.74 Å². The van der Waals surface area contributed by atoms with Crippen molar-refractivity contribution in [2.24, 2.45) is 5.10 Å². The maximum Gasteiger partial charge on any atom is 0.243 e. The van der Waals surface area contributed by atoms with Crippen LogP contribution >= 0.6 is 0 Å². The fraction of sp³-hybridized carbons (Fsp3) is 0.261. The average Bonchev–Trinajstić information content (AvgIpc) is 3.30. The Morgan fingerprint density at radius 2 is 1.83 bits per heavy atom. The molecule has 0 fully saturated rings. The number of hydrazone groups is 1. The molecule has 7 nitrogen and oxygen atoms in total. The summed E-state index contributed by atoms with van der Waals surface area (Å²) >= 11 is 0.